The second-order valence-electron chi connectivity index (χ2n) is 5.47. The van der Waals surface area contributed by atoms with Crippen molar-refractivity contribution in [3.63, 3.8) is 0 Å². The van der Waals surface area contributed by atoms with Crippen LogP contribution in [0.4, 0.5) is 5.69 Å². The van der Waals surface area contributed by atoms with Crippen LogP contribution in [0.5, 0.6) is 11.5 Å². The normalized spacial score (nSPS) is 10.6. The van der Waals surface area contributed by atoms with Crippen molar-refractivity contribution in [1.82, 2.24) is 5.43 Å². The van der Waals surface area contributed by atoms with Crippen molar-refractivity contribution in [2.45, 2.75) is 13.3 Å². The van der Waals surface area contributed by atoms with Crippen molar-refractivity contribution in [3.8, 4) is 11.5 Å². The van der Waals surface area contributed by atoms with Crippen molar-refractivity contribution in [1.29, 1.82) is 0 Å². The summed E-state index contributed by atoms with van der Waals surface area (Å²) in [6, 6.07) is 10.8. The third-order valence-corrected chi connectivity index (χ3v) is 4.91. The van der Waals surface area contributed by atoms with Crippen LogP contribution >= 0.6 is 38.5 Å². The van der Waals surface area contributed by atoms with Crippen LogP contribution in [-0.4, -0.2) is 31.7 Å². The van der Waals surface area contributed by atoms with Gasteiger partial charge in [-0.2, -0.15) is 5.10 Å². The molecule has 0 fully saturated rings. The smallest absolute Gasteiger partial charge is 0.249 e. The van der Waals surface area contributed by atoms with E-state index in [1.54, 1.807) is 31.4 Å². The lowest BCUT2D eigenvalue weighted by Gasteiger charge is -2.12. The van der Waals surface area contributed by atoms with Crippen LogP contribution in [0.25, 0.3) is 0 Å². The Hall–Kier alpha value is -2.14. The van der Waals surface area contributed by atoms with E-state index in [2.05, 4.69) is 54.4 Å². The molecule has 148 valence electrons. The fraction of sp³-hybridized carbons (Fsp3) is 0.211. The minimum atomic E-state index is -0.520. The molecule has 0 bridgehead atoms. The van der Waals surface area contributed by atoms with Crippen LogP contribution in [-0.2, 0) is 9.59 Å². The molecule has 2 rings (SSSR count). The molecule has 2 aromatic carbocycles. The number of nitrogens with one attached hydrogen (secondary N) is 2. The average molecular weight is 560 g/mol. The van der Waals surface area contributed by atoms with Gasteiger partial charge in [-0.25, -0.2) is 5.43 Å². The van der Waals surface area contributed by atoms with Gasteiger partial charge in [0.15, 0.2) is 11.5 Å². The Morgan fingerprint density at radius 2 is 2.00 bits per heavy atom. The summed E-state index contributed by atoms with van der Waals surface area (Å²) in [5.41, 5.74) is 3.66. The lowest BCUT2D eigenvalue weighted by molar-refractivity contribution is -0.126. The highest BCUT2D eigenvalue weighted by Gasteiger charge is 2.12. The number of halogens is 2. The molecule has 2 aromatic rings. The zero-order valence-corrected chi connectivity index (χ0v) is 19.0. The van der Waals surface area contributed by atoms with Gasteiger partial charge in [0.2, 0.25) is 11.8 Å². The van der Waals surface area contributed by atoms with E-state index in [4.69, 9.17) is 9.47 Å². The van der Waals surface area contributed by atoms with Crippen molar-refractivity contribution in [2.75, 3.05) is 19.0 Å². The molecule has 0 aliphatic rings. The molecule has 7 nitrogen and oxygen atoms in total. The number of amides is 2. The van der Waals surface area contributed by atoms with Crippen LogP contribution in [0.15, 0.2) is 46.0 Å². The number of hydrazone groups is 1. The molecule has 0 spiro atoms. The minimum absolute atomic E-state index is 0.344. The Labute approximate surface area is 185 Å². The lowest BCUT2D eigenvalue weighted by atomic mass is 10.2. The summed E-state index contributed by atoms with van der Waals surface area (Å²) >= 11 is 5.47. The summed E-state index contributed by atoms with van der Waals surface area (Å²) in [5, 5.41) is 6.56. The number of hydrogen-bond donors (Lipinski definition) is 2. The Morgan fingerprint density at radius 3 is 2.68 bits per heavy atom. The number of carbonyl (C=O) groups excluding carboxylic acids is 2. The van der Waals surface area contributed by atoms with Gasteiger partial charge in [0.1, 0.15) is 6.42 Å². The first-order valence-corrected chi connectivity index (χ1v) is 10.2. The average Bonchev–Trinajstić information content (AvgIpc) is 2.65. The largest absolute Gasteiger partial charge is 0.493 e. The van der Waals surface area contributed by atoms with E-state index in [0.29, 0.717) is 23.8 Å². The maximum absolute atomic E-state index is 12.0. The number of benzene rings is 2. The minimum Gasteiger partial charge on any atom is -0.493 e. The SMILES string of the molecule is CCOc1c(I)cc(C=NNC(=O)CC(=O)Nc2ccccc2Br)cc1OC. The van der Waals surface area contributed by atoms with Gasteiger partial charge in [-0.1, -0.05) is 12.1 Å². The van der Waals surface area contributed by atoms with E-state index in [1.165, 1.54) is 6.21 Å². The van der Waals surface area contributed by atoms with Gasteiger partial charge in [-0.05, 0) is 75.3 Å². The molecule has 0 radical (unpaired) electrons. The molecule has 0 atom stereocenters. The highest BCUT2D eigenvalue weighted by Crippen LogP contribution is 2.33. The van der Waals surface area contributed by atoms with E-state index >= 15 is 0 Å². The van der Waals surface area contributed by atoms with Gasteiger partial charge >= 0.3 is 0 Å². The zero-order chi connectivity index (χ0) is 20.5. The third kappa shape index (κ3) is 6.48. The Balaban J connectivity index is 1.93. The van der Waals surface area contributed by atoms with Gasteiger partial charge in [-0.3, -0.25) is 9.59 Å². The third-order valence-electron chi connectivity index (χ3n) is 3.41. The Bertz CT molecular complexity index is 889. The summed E-state index contributed by atoms with van der Waals surface area (Å²) in [6.45, 7) is 2.42. The van der Waals surface area contributed by atoms with Crippen LogP contribution in [0.2, 0.25) is 0 Å². The highest BCUT2D eigenvalue weighted by atomic mass is 127. The van der Waals surface area contributed by atoms with Crippen LogP contribution in [0.3, 0.4) is 0 Å². The second-order valence-corrected chi connectivity index (χ2v) is 7.48. The zero-order valence-electron chi connectivity index (χ0n) is 15.3. The first kappa shape index (κ1) is 22.2. The molecule has 0 aromatic heterocycles. The van der Waals surface area contributed by atoms with E-state index in [0.717, 1.165) is 13.6 Å². The molecule has 0 saturated carbocycles. The number of hydrogen-bond acceptors (Lipinski definition) is 5. The quantitative estimate of drug-likeness (QED) is 0.222. The van der Waals surface area contributed by atoms with Gasteiger partial charge in [0, 0.05) is 4.47 Å². The van der Waals surface area contributed by atoms with Crippen molar-refractivity contribution in [3.05, 3.63) is 50.0 Å². The molecule has 9 heteroatoms. The lowest BCUT2D eigenvalue weighted by Crippen LogP contribution is -2.24. The van der Waals surface area contributed by atoms with E-state index in [1.807, 2.05) is 19.1 Å². The summed E-state index contributed by atoms with van der Waals surface area (Å²) < 4.78 is 12.5. The molecule has 0 aliphatic heterocycles. The second kappa shape index (κ2) is 11.0. The predicted octanol–water partition coefficient (Wildman–Crippen LogP) is 3.94. The molecule has 2 amide bonds. The monoisotopic (exact) mass is 559 g/mol. The van der Waals surface area contributed by atoms with Crippen LogP contribution < -0.4 is 20.2 Å². The Kier molecular flexibility index (Phi) is 8.71. The van der Waals surface area contributed by atoms with Crippen molar-refractivity contribution < 1.29 is 19.1 Å². The standard InChI is InChI=1S/C19H19BrIN3O4/c1-3-28-19-14(21)8-12(9-16(19)27-2)11-22-24-18(26)10-17(25)23-15-7-5-4-6-13(15)20/h4-9,11H,3,10H2,1-2H3,(H,23,25)(H,24,26). The summed E-state index contributed by atoms with van der Waals surface area (Å²) in [6.07, 6.45) is 1.13. The fourth-order valence-corrected chi connectivity index (χ4v) is 3.38. The first-order valence-electron chi connectivity index (χ1n) is 8.31. The molecule has 0 aliphatic carbocycles. The maximum atomic E-state index is 12.0. The first-order chi connectivity index (χ1) is 13.4. The predicted molar refractivity (Wildman–Crippen MR) is 120 cm³/mol. The number of carbonyl (C=O) groups is 2. The number of rotatable bonds is 8. The number of methoxy groups -OCH3 is 1. The molecule has 0 saturated heterocycles. The van der Waals surface area contributed by atoms with E-state index in [-0.39, 0.29) is 6.42 Å². The number of ether oxygens (including phenoxy) is 2. The topological polar surface area (TPSA) is 89.0 Å². The van der Waals surface area contributed by atoms with Gasteiger partial charge in [0.05, 0.1) is 29.2 Å². The number of anilines is 1. The van der Waals surface area contributed by atoms with Gasteiger partial charge < -0.3 is 14.8 Å². The van der Waals surface area contributed by atoms with Crippen LogP contribution in [0.1, 0.15) is 18.9 Å². The summed E-state index contributed by atoms with van der Waals surface area (Å²) in [7, 11) is 1.56. The van der Waals surface area contributed by atoms with Crippen molar-refractivity contribution >= 4 is 62.2 Å². The van der Waals surface area contributed by atoms with Crippen molar-refractivity contribution in [2.24, 2.45) is 5.10 Å². The number of para-hydroxylation sites is 1. The Morgan fingerprint density at radius 1 is 1.25 bits per heavy atom. The molecule has 28 heavy (non-hydrogen) atoms. The molecule has 0 unspecified atom stereocenters. The fourth-order valence-electron chi connectivity index (χ4n) is 2.22. The summed E-state index contributed by atoms with van der Waals surface area (Å²) in [5.74, 6) is 0.287. The molecule has 2 N–H and O–H groups in total. The van der Waals surface area contributed by atoms with E-state index < -0.39 is 11.8 Å². The van der Waals surface area contributed by atoms with Gasteiger partial charge in [-0.15, -0.1) is 0 Å². The van der Waals surface area contributed by atoms with Crippen LogP contribution in [0, 0.1) is 3.57 Å². The maximum Gasteiger partial charge on any atom is 0.249 e. The molecular formula is C19H19BrIN3O4. The van der Waals surface area contributed by atoms with Gasteiger partial charge in [0.25, 0.3) is 0 Å². The molecular weight excluding hydrogens is 541 g/mol. The highest BCUT2D eigenvalue weighted by molar-refractivity contribution is 14.1. The summed E-state index contributed by atoms with van der Waals surface area (Å²) in [4.78, 5) is 23.9. The number of nitrogens with zero attached hydrogens (tertiary/aromatic N) is 1. The van der Waals surface area contributed by atoms with E-state index in [9.17, 15) is 9.59 Å². The molecule has 0 heterocycles.